The molecule has 0 saturated heterocycles. The van der Waals surface area contributed by atoms with Gasteiger partial charge in [0.25, 0.3) is 0 Å². The van der Waals surface area contributed by atoms with Crippen molar-refractivity contribution < 1.29 is 24.2 Å². The van der Waals surface area contributed by atoms with Crippen LogP contribution in [0.15, 0.2) is 0 Å². The van der Waals surface area contributed by atoms with E-state index in [0.717, 1.165) is 7.11 Å². The molecule has 0 aromatic carbocycles. The highest BCUT2D eigenvalue weighted by Gasteiger charge is 2.25. The molecule has 0 aromatic heterocycles. The van der Waals surface area contributed by atoms with Crippen LogP contribution in [0.1, 0.15) is 20.3 Å². The fourth-order valence-electron chi connectivity index (χ4n) is 1.11. The second-order valence-electron chi connectivity index (χ2n) is 5.20. The largest absolute Gasteiger partial charge is 0.480 e. The molecule has 0 spiro atoms. The summed E-state index contributed by atoms with van der Waals surface area (Å²) < 4.78 is 4.38. The molecule has 2 amide bonds. The minimum absolute atomic E-state index is 0.279. The van der Waals surface area contributed by atoms with Crippen LogP contribution in [0.5, 0.6) is 0 Å². The zero-order valence-electron chi connectivity index (χ0n) is 12.5. The van der Waals surface area contributed by atoms with Gasteiger partial charge in [0.2, 0.25) is 0 Å². The smallest absolute Gasteiger partial charge is 0.326 e. The van der Waals surface area contributed by atoms with Gasteiger partial charge in [0, 0.05) is 12.1 Å². The van der Waals surface area contributed by atoms with Gasteiger partial charge >= 0.3 is 18.0 Å². The first-order valence-electron chi connectivity index (χ1n) is 6.11. The Hall–Kier alpha value is -1.83. The van der Waals surface area contributed by atoms with Crippen molar-refractivity contribution in [3.05, 3.63) is 0 Å². The van der Waals surface area contributed by atoms with Gasteiger partial charge in [-0.05, 0) is 27.9 Å². The number of carboxylic acids is 1. The molecule has 0 radical (unpaired) electrons. The summed E-state index contributed by atoms with van der Waals surface area (Å²) in [6.07, 6.45) is -0.420. The van der Waals surface area contributed by atoms with Crippen molar-refractivity contribution in [1.29, 1.82) is 0 Å². The van der Waals surface area contributed by atoms with Crippen molar-refractivity contribution >= 4 is 18.0 Å². The SMILES string of the molecule is COC(=O)C[C@H](NC(=O)NCC(C)(C)N(C)C)C(=O)O. The van der Waals surface area contributed by atoms with E-state index in [1.807, 2.05) is 32.8 Å². The Kier molecular flexibility index (Phi) is 6.98. The third kappa shape index (κ3) is 6.37. The van der Waals surface area contributed by atoms with Crippen molar-refractivity contribution in [1.82, 2.24) is 15.5 Å². The summed E-state index contributed by atoms with van der Waals surface area (Å²) in [5.74, 6) is -2.00. The molecule has 0 bridgehead atoms. The Labute approximate surface area is 118 Å². The number of urea groups is 1. The first kappa shape index (κ1) is 18.2. The van der Waals surface area contributed by atoms with E-state index >= 15 is 0 Å². The predicted molar refractivity (Wildman–Crippen MR) is 72.4 cm³/mol. The van der Waals surface area contributed by atoms with Gasteiger partial charge in [0.15, 0.2) is 0 Å². The maximum absolute atomic E-state index is 11.6. The Balaban J connectivity index is 4.41. The lowest BCUT2D eigenvalue weighted by Gasteiger charge is -2.32. The number of likely N-dealkylation sites (N-methyl/N-ethyl adjacent to an activating group) is 1. The highest BCUT2D eigenvalue weighted by Crippen LogP contribution is 2.07. The zero-order valence-corrected chi connectivity index (χ0v) is 12.5. The van der Waals surface area contributed by atoms with E-state index in [1.165, 1.54) is 0 Å². The first-order valence-corrected chi connectivity index (χ1v) is 6.11. The van der Waals surface area contributed by atoms with Crippen LogP contribution in [0, 0.1) is 0 Å². The third-order valence-electron chi connectivity index (χ3n) is 3.09. The van der Waals surface area contributed by atoms with Gasteiger partial charge in [-0.2, -0.15) is 0 Å². The van der Waals surface area contributed by atoms with Crippen LogP contribution in [0.3, 0.4) is 0 Å². The maximum atomic E-state index is 11.6. The van der Waals surface area contributed by atoms with Crippen molar-refractivity contribution in [2.24, 2.45) is 0 Å². The molecule has 8 heteroatoms. The number of esters is 1. The predicted octanol–water partition coefficient (Wildman–Crippen LogP) is -0.358. The Morgan fingerprint density at radius 1 is 1.30 bits per heavy atom. The summed E-state index contributed by atoms with van der Waals surface area (Å²) in [6, 6.07) is -1.96. The normalized spacial score (nSPS) is 12.7. The monoisotopic (exact) mass is 289 g/mol. The highest BCUT2D eigenvalue weighted by atomic mass is 16.5. The number of methoxy groups -OCH3 is 1. The molecule has 0 unspecified atom stereocenters. The second-order valence-corrected chi connectivity index (χ2v) is 5.20. The van der Waals surface area contributed by atoms with E-state index in [9.17, 15) is 14.4 Å². The standard InChI is InChI=1S/C12H23N3O5/c1-12(2,15(3)4)7-13-11(19)14-8(10(17)18)6-9(16)20-5/h8H,6-7H2,1-5H3,(H,17,18)(H2,13,14,19)/t8-/m0/s1. The Bertz CT molecular complexity index is 368. The topological polar surface area (TPSA) is 108 Å². The summed E-state index contributed by atoms with van der Waals surface area (Å²) in [5.41, 5.74) is -0.279. The summed E-state index contributed by atoms with van der Waals surface area (Å²) in [7, 11) is 4.90. The van der Waals surface area contributed by atoms with Crippen molar-refractivity contribution in [3.63, 3.8) is 0 Å². The number of nitrogens with one attached hydrogen (secondary N) is 2. The number of carbonyl (C=O) groups is 3. The number of ether oxygens (including phenoxy) is 1. The Morgan fingerprint density at radius 3 is 2.25 bits per heavy atom. The van der Waals surface area contributed by atoms with Gasteiger partial charge in [-0.1, -0.05) is 0 Å². The van der Waals surface area contributed by atoms with E-state index in [2.05, 4.69) is 15.4 Å². The average molecular weight is 289 g/mol. The number of rotatable bonds is 7. The van der Waals surface area contributed by atoms with E-state index in [-0.39, 0.29) is 5.54 Å². The molecule has 0 aliphatic carbocycles. The first-order chi connectivity index (χ1) is 9.10. The molecule has 0 saturated carbocycles. The van der Waals surface area contributed by atoms with Gasteiger partial charge < -0.3 is 25.4 Å². The number of carboxylic acid groups (broad SMARTS) is 1. The number of nitrogens with zero attached hydrogens (tertiary/aromatic N) is 1. The number of amides is 2. The molecule has 116 valence electrons. The highest BCUT2D eigenvalue weighted by molar-refractivity contribution is 5.86. The minimum atomic E-state index is -1.31. The number of hydrogen-bond acceptors (Lipinski definition) is 5. The third-order valence-corrected chi connectivity index (χ3v) is 3.09. The fraction of sp³-hybridized carbons (Fsp3) is 0.750. The van der Waals surface area contributed by atoms with Crippen LogP contribution in [0.25, 0.3) is 0 Å². The molecule has 8 nitrogen and oxygen atoms in total. The maximum Gasteiger partial charge on any atom is 0.326 e. The van der Waals surface area contributed by atoms with Crippen LogP contribution in [0.2, 0.25) is 0 Å². The van der Waals surface area contributed by atoms with Crippen LogP contribution in [-0.4, -0.2) is 67.3 Å². The van der Waals surface area contributed by atoms with E-state index < -0.39 is 30.4 Å². The minimum Gasteiger partial charge on any atom is -0.480 e. The average Bonchev–Trinajstić information content (AvgIpc) is 2.35. The zero-order chi connectivity index (χ0) is 15.9. The van der Waals surface area contributed by atoms with Gasteiger partial charge in [0.05, 0.1) is 13.5 Å². The van der Waals surface area contributed by atoms with E-state index in [4.69, 9.17) is 5.11 Å². The van der Waals surface area contributed by atoms with Gasteiger partial charge in [-0.3, -0.25) is 4.79 Å². The van der Waals surface area contributed by atoms with Crippen LogP contribution in [0.4, 0.5) is 4.79 Å². The second kappa shape index (κ2) is 7.68. The summed E-state index contributed by atoms with van der Waals surface area (Å²) in [6.45, 7) is 4.18. The quantitative estimate of drug-likeness (QED) is 0.552. The number of aliphatic carboxylic acids is 1. The summed E-state index contributed by atoms with van der Waals surface area (Å²) in [4.78, 5) is 35.6. The molecule has 0 fully saturated rings. The van der Waals surface area contributed by atoms with Crippen molar-refractivity contribution in [2.75, 3.05) is 27.7 Å². The van der Waals surface area contributed by atoms with Crippen molar-refractivity contribution in [3.8, 4) is 0 Å². The fourth-order valence-corrected chi connectivity index (χ4v) is 1.11. The molecule has 20 heavy (non-hydrogen) atoms. The summed E-state index contributed by atoms with van der Waals surface area (Å²) >= 11 is 0. The molecule has 1 atom stereocenters. The van der Waals surface area contributed by atoms with Gasteiger partial charge in [-0.25, -0.2) is 9.59 Å². The molecule has 0 aliphatic heterocycles. The van der Waals surface area contributed by atoms with Crippen LogP contribution in [-0.2, 0) is 14.3 Å². The van der Waals surface area contributed by atoms with E-state index in [1.54, 1.807) is 0 Å². The molecular weight excluding hydrogens is 266 g/mol. The lowest BCUT2D eigenvalue weighted by molar-refractivity contribution is -0.147. The molecule has 0 heterocycles. The summed E-state index contributed by atoms with van der Waals surface area (Å²) in [5, 5.41) is 13.7. The van der Waals surface area contributed by atoms with E-state index in [0.29, 0.717) is 6.54 Å². The lowest BCUT2D eigenvalue weighted by atomic mass is 10.0. The lowest BCUT2D eigenvalue weighted by Crippen LogP contribution is -2.53. The molecule has 0 rings (SSSR count). The molecular formula is C12H23N3O5. The number of hydrogen-bond donors (Lipinski definition) is 3. The molecule has 0 aromatic rings. The van der Waals surface area contributed by atoms with Crippen molar-refractivity contribution in [2.45, 2.75) is 31.8 Å². The number of carbonyl (C=O) groups excluding carboxylic acids is 2. The molecule has 0 aliphatic rings. The van der Waals surface area contributed by atoms with Gasteiger partial charge in [0.1, 0.15) is 6.04 Å². The Morgan fingerprint density at radius 2 is 1.85 bits per heavy atom. The van der Waals surface area contributed by atoms with Crippen LogP contribution < -0.4 is 10.6 Å². The van der Waals surface area contributed by atoms with Gasteiger partial charge in [-0.15, -0.1) is 0 Å². The van der Waals surface area contributed by atoms with Crippen LogP contribution >= 0.6 is 0 Å². The molecule has 3 N–H and O–H groups in total.